The fraction of sp³-hybridized carbons (Fsp3) is 0.588. The van der Waals surface area contributed by atoms with Gasteiger partial charge in [-0.25, -0.2) is 0 Å². The molecule has 0 radical (unpaired) electrons. The molecule has 1 aromatic carbocycles. The minimum absolute atomic E-state index is 0.0933. The highest BCUT2D eigenvalue weighted by atomic mass is 16.1. The zero-order chi connectivity index (χ0) is 13.1. The van der Waals surface area contributed by atoms with Gasteiger partial charge in [0.1, 0.15) is 0 Å². The third kappa shape index (κ3) is 3.06. The van der Waals surface area contributed by atoms with Crippen LogP contribution in [0.15, 0.2) is 18.2 Å². The highest BCUT2D eigenvalue weighted by Crippen LogP contribution is 2.23. The fourth-order valence-corrected chi connectivity index (χ4v) is 3.36. The maximum absolute atomic E-state index is 12.4. The SMILES string of the molecule is O=C(Cc1ccc2c(c1)CCC2)C1CCCCCN1. The van der Waals surface area contributed by atoms with E-state index in [1.54, 1.807) is 0 Å². The number of fused-ring (bicyclic) bond motifs is 1. The number of hydrogen-bond acceptors (Lipinski definition) is 2. The van der Waals surface area contributed by atoms with Crippen molar-refractivity contribution in [2.75, 3.05) is 6.54 Å². The number of carbonyl (C=O) groups is 1. The lowest BCUT2D eigenvalue weighted by molar-refractivity contribution is -0.120. The first-order valence-electron chi connectivity index (χ1n) is 7.70. The molecule has 1 unspecified atom stereocenters. The minimum atomic E-state index is 0.0933. The summed E-state index contributed by atoms with van der Waals surface area (Å²) in [7, 11) is 0. The lowest BCUT2D eigenvalue weighted by Crippen LogP contribution is -2.36. The molecule has 0 aromatic heterocycles. The van der Waals surface area contributed by atoms with Gasteiger partial charge in [0.25, 0.3) is 0 Å². The number of nitrogens with one attached hydrogen (secondary N) is 1. The van der Waals surface area contributed by atoms with Gasteiger partial charge >= 0.3 is 0 Å². The summed E-state index contributed by atoms with van der Waals surface area (Å²) in [6.45, 7) is 1.00. The summed E-state index contributed by atoms with van der Waals surface area (Å²) < 4.78 is 0. The van der Waals surface area contributed by atoms with Gasteiger partial charge in [-0.15, -0.1) is 0 Å². The Bertz CT molecular complexity index is 458. The second-order valence-electron chi connectivity index (χ2n) is 5.96. The highest BCUT2D eigenvalue weighted by molar-refractivity contribution is 5.86. The molecular weight excluding hydrogens is 234 g/mol. The number of ketones is 1. The summed E-state index contributed by atoms with van der Waals surface area (Å²) in [6.07, 6.45) is 8.96. The van der Waals surface area contributed by atoms with Crippen LogP contribution in [0.2, 0.25) is 0 Å². The first-order chi connectivity index (χ1) is 9.33. The van der Waals surface area contributed by atoms with Gasteiger partial charge in [-0.1, -0.05) is 31.0 Å². The Morgan fingerprint density at radius 1 is 1.11 bits per heavy atom. The number of Topliss-reactive ketones (excluding diaryl/α,β-unsaturated/α-hetero) is 1. The van der Waals surface area contributed by atoms with Crippen molar-refractivity contribution < 1.29 is 4.79 Å². The van der Waals surface area contributed by atoms with Crippen molar-refractivity contribution >= 4 is 5.78 Å². The molecule has 1 N–H and O–H groups in total. The Balaban J connectivity index is 1.65. The Kier molecular flexibility index (Phi) is 3.97. The number of carbonyl (C=O) groups excluding carboxylic acids is 1. The van der Waals surface area contributed by atoms with Crippen LogP contribution in [0.4, 0.5) is 0 Å². The Labute approximate surface area is 115 Å². The Morgan fingerprint density at radius 2 is 2.00 bits per heavy atom. The first kappa shape index (κ1) is 12.9. The third-order valence-electron chi connectivity index (χ3n) is 4.49. The van der Waals surface area contributed by atoms with Crippen LogP contribution in [0.1, 0.15) is 48.8 Å². The first-order valence-corrected chi connectivity index (χ1v) is 7.70. The summed E-state index contributed by atoms with van der Waals surface area (Å²) in [5.74, 6) is 0.375. The van der Waals surface area contributed by atoms with Crippen molar-refractivity contribution in [3.63, 3.8) is 0 Å². The van der Waals surface area contributed by atoms with Crippen LogP contribution in [0, 0.1) is 0 Å². The quantitative estimate of drug-likeness (QED) is 0.902. The van der Waals surface area contributed by atoms with Crippen molar-refractivity contribution in [3.05, 3.63) is 34.9 Å². The normalized spacial score (nSPS) is 22.8. The van der Waals surface area contributed by atoms with Gasteiger partial charge in [0.15, 0.2) is 5.78 Å². The molecule has 1 saturated heterocycles. The average molecular weight is 257 g/mol. The van der Waals surface area contributed by atoms with E-state index >= 15 is 0 Å². The molecular formula is C17H23NO. The fourth-order valence-electron chi connectivity index (χ4n) is 3.36. The summed E-state index contributed by atoms with van der Waals surface area (Å²) in [5, 5.41) is 3.40. The summed E-state index contributed by atoms with van der Waals surface area (Å²) in [6, 6.07) is 6.73. The molecule has 2 heteroatoms. The van der Waals surface area contributed by atoms with Gasteiger partial charge < -0.3 is 5.32 Å². The molecule has 1 aromatic rings. The van der Waals surface area contributed by atoms with E-state index in [0.717, 1.165) is 13.0 Å². The maximum atomic E-state index is 12.4. The van der Waals surface area contributed by atoms with Gasteiger partial charge in [0.05, 0.1) is 6.04 Å². The van der Waals surface area contributed by atoms with Gasteiger partial charge in [0, 0.05) is 6.42 Å². The van der Waals surface area contributed by atoms with Crippen LogP contribution in [0.5, 0.6) is 0 Å². The van der Waals surface area contributed by atoms with Gasteiger partial charge in [-0.2, -0.15) is 0 Å². The van der Waals surface area contributed by atoms with E-state index in [4.69, 9.17) is 0 Å². The van der Waals surface area contributed by atoms with E-state index in [1.807, 2.05) is 0 Å². The molecule has 1 aliphatic carbocycles. The molecule has 1 fully saturated rings. The Hall–Kier alpha value is -1.15. The van der Waals surface area contributed by atoms with E-state index in [-0.39, 0.29) is 6.04 Å². The topological polar surface area (TPSA) is 29.1 Å². The van der Waals surface area contributed by atoms with Crippen LogP contribution in [-0.2, 0) is 24.1 Å². The third-order valence-corrected chi connectivity index (χ3v) is 4.49. The second kappa shape index (κ2) is 5.87. The summed E-state index contributed by atoms with van der Waals surface area (Å²) >= 11 is 0. The van der Waals surface area contributed by atoms with Crippen molar-refractivity contribution in [3.8, 4) is 0 Å². The molecule has 0 spiro atoms. The smallest absolute Gasteiger partial charge is 0.154 e. The Morgan fingerprint density at radius 3 is 2.95 bits per heavy atom. The molecule has 102 valence electrons. The monoisotopic (exact) mass is 257 g/mol. The van der Waals surface area contributed by atoms with Crippen LogP contribution in [0.25, 0.3) is 0 Å². The molecule has 0 amide bonds. The molecule has 0 bridgehead atoms. The number of aryl methyl sites for hydroxylation is 2. The van der Waals surface area contributed by atoms with Crippen molar-refractivity contribution in [2.24, 2.45) is 0 Å². The van der Waals surface area contributed by atoms with Crippen molar-refractivity contribution in [2.45, 2.75) is 57.4 Å². The molecule has 1 aliphatic heterocycles. The minimum Gasteiger partial charge on any atom is -0.307 e. The predicted octanol–water partition coefficient (Wildman–Crippen LogP) is 2.82. The molecule has 2 aliphatic rings. The van der Waals surface area contributed by atoms with Crippen LogP contribution in [-0.4, -0.2) is 18.4 Å². The molecule has 1 atom stereocenters. The summed E-state index contributed by atoms with van der Waals surface area (Å²) in [5.41, 5.74) is 4.17. The van der Waals surface area contributed by atoms with E-state index in [9.17, 15) is 4.79 Å². The van der Waals surface area contributed by atoms with E-state index in [1.165, 1.54) is 55.2 Å². The van der Waals surface area contributed by atoms with E-state index in [0.29, 0.717) is 12.2 Å². The molecule has 19 heavy (non-hydrogen) atoms. The average Bonchev–Trinajstić information content (AvgIpc) is 2.71. The van der Waals surface area contributed by atoms with E-state index in [2.05, 4.69) is 23.5 Å². The van der Waals surface area contributed by atoms with Crippen molar-refractivity contribution in [1.82, 2.24) is 5.32 Å². The van der Waals surface area contributed by atoms with Crippen LogP contribution < -0.4 is 5.32 Å². The van der Waals surface area contributed by atoms with Gasteiger partial charge in [-0.3, -0.25) is 4.79 Å². The number of hydrogen-bond donors (Lipinski definition) is 1. The molecule has 1 heterocycles. The summed E-state index contributed by atoms with van der Waals surface area (Å²) in [4.78, 5) is 12.4. The second-order valence-corrected chi connectivity index (χ2v) is 5.96. The predicted molar refractivity (Wildman–Crippen MR) is 77.4 cm³/mol. The molecule has 2 nitrogen and oxygen atoms in total. The molecule has 3 rings (SSSR count). The number of rotatable bonds is 3. The maximum Gasteiger partial charge on any atom is 0.154 e. The van der Waals surface area contributed by atoms with Crippen LogP contribution >= 0.6 is 0 Å². The van der Waals surface area contributed by atoms with Gasteiger partial charge in [0.2, 0.25) is 0 Å². The van der Waals surface area contributed by atoms with Crippen LogP contribution in [0.3, 0.4) is 0 Å². The number of benzene rings is 1. The standard InChI is InChI=1S/C17H23NO/c19-17(16-7-2-1-3-10-18-16)12-13-8-9-14-5-4-6-15(14)11-13/h8-9,11,16,18H,1-7,10,12H2. The lowest BCUT2D eigenvalue weighted by Gasteiger charge is -2.14. The molecule has 0 saturated carbocycles. The zero-order valence-electron chi connectivity index (χ0n) is 11.6. The van der Waals surface area contributed by atoms with Crippen molar-refractivity contribution in [1.29, 1.82) is 0 Å². The zero-order valence-corrected chi connectivity index (χ0v) is 11.6. The largest absolute Gasteiger partial charge is 0.307 e. The highest BCUT2D eigenvalue weighted by Gasteiger charge is 2.20. The van der Waals surface area contributed by atoms with E-state index < -0.39 is 0 Å². The van der Waals surface area contributed by atoms with Gasteiger partial charge in [-0.05, 0) is 55.3 Å². The lowest BCUT2D eigenvalue weighted by atomic mass is 9.98.